The standard InChI is InChI=1S/C23H27BrO7/c1-12(25)31-11-19(29)23(30)17(27)9-16-15-5-4-13-8-14(26)6-7-20(13,2)22(15,24)18(28)10-21(16,23)3/h4-8,15-18,27-28,30H,9-11H2,1-3H3/t15?,16?,17-,18?,20?,21?,22+,23+/m1/s1. The summed E-state index contributed by atoms with van der Waals surface area (Å²) >= 11 is 3.84. The molecule has 168 valence electrons. The molecule has 0 heterocycles. The van der Waals surface area contributed by atoms with Crippen LogP contribution < -0.4 is 0 Å². The SMILES string of the molecule is CC(=O)OCC(=O)[C@@]1(O)[C@H](O)CC2C3C=CC4=CC(=O)C=CC4(C)[C@@]3(Br)C(O)CC21C. The first-order valence-electron chi connectivity index (χ1n) is 10.4. The van der Waals surface area contributed by atoms with Gasteiger partial charge in [-0.05, 0) is 42.4 Å². The third-order valence-electron chi connectivity index (χ3n) is 8.26. The molecule has 31 heavy (non-hydrogen) atoms. The van der Waals surface area contributed by atoms with E-state index in [1.165, 1.54) is 6.08 Å². The molecule has 5 unspecified atom stereocenters. The summed E-state index contributed by atoms with van der Waals surface area (Å²) in [6.07, 6.45) is 6.41. The lowest BCUT2D eigenvalue weighted by Crippen LogP contribution is -2.68. The zero-order chi connectivity index (χ0) is 23.0. The Labute approximate surface area is 189 Å². The molecule has 4 aliphatic rings. The van der Waals surface area contributed by atoms with Crippen LogP contribution in [0.5, 0.6) is 0 Å². The average Bonchev–Trinajstić information content (AvgIpc) is 2.89. The first-order chi connectivity index (χ1) is 14.3. The number of carbonyl (C=O) groups excluding carboxylic acids is 3. The van der Waals surface area contributed by atoms with E-state index in [0.29, 0.717) is 0 Å². The monoisotopic (exact) mass is 494 g/mol. The molecule has 0 amide bonds. The van der Waals surface area contributed by atoms with E-state index >= 15 is 0 Å². The molecule has 3 N–H and O–H groups in total. The number of hydrogen-bond acceptors (Lipinski definition) is 7. The molecule has 0 radical (unpaired) electrons. The second kappa shape index (κ2) is 6.94. The van der Waals surface area contributed by atoms with Crippen molar-refractivity contribution in [2.75, 3.05) is 6.61 Å². The summed E-state index contributed by atoms with van der Waals surface area (Å²) in [5.41, 5.74) is -3.24. The van der Waals surface area contributed by atoms with Crippen molar-refractivity contribution in [2.24, 2.45) is 22.7 Å². The van der Waals surface area contributed by atoms with Gasteiger partial charge in [0.1, 0.15) is 0 Å². The Bertz CT molecular complexity index is 954. The van der Waals surface area contributed by atoms with Crippen LogP contribution in [-0.2, 0) is 19.1 Å². The van der Waals surface area contributed by atoms with Gasteiger partial charge < -0.3 is 20.1 Å². The normalized spacial score (nSPS) is 47.8. The Balaban J connectivity index is 1.80. The van der Waals surface area contributed by atoms with Gasteiger partial charge in [-0.25, -0.2) is 0 Å². The summed E-state index contributed by atoms with van der Waals surface area (Å²) < 4.78 is 3.91. The van der Waals surface area contributed by atoms with Crippen LogP contribution in [-0.4, -0.2) is 61.6 Å². The van der Waals surface area contributed by atoms with Crippen molar-refractivity contribution >= 4 is 33.5 Å². The number of halogens is 1. The van der Waals surface area contributed by atoms with E-state index in [2.05, 4.69) is 15.9 Å². The van der Waals surface area contributed by atoms with Gasteiger partial charge in [-0.1, -0.05) is 48.0 Å². The number of ether oxygens (including phenoxy) is 1. The summed E-state index contributed by atoms with van der Waals surface area (Å²) in [7, 11) is 0. The molecule has 0 spiro atoms. The van der Waals surface area contributed by atoms with Gasteiger partial charge in [-0.2, -0.15) is 0 Å². The Hall–Kier alpha value is -1.61. The van der Waals surface area contributed by atoms with Gasteiger partial charge in [0.15, 0.2) is 18.0 Å². The third-order valence-corrected chi connectivity index (χ3v) is 10.1. The lowest BCUT2D eigenvalue weighted by molar-refractivity contribution is -0.184. The Morgan fingerprint density at radius 2 is 1.90 bits per heavy atom. The zero-order valence-electron chi connectivity index (χ0n) is 17.7. The lowest BCUT2D eigenvalue weighted by atomic mass is 9.47. The molecule has 2 fully saturated rings. The molecule has 0 aromatic carbocycles. The zero-order valence-corrected chi connectivity index (χ0v) is 19.3. The molecule has 7 nitrogen and oxygen atoms in total. The van der Waals surface area contributed by atoms with Crippen LogP contribution in [0.3, 0.4) is 0 Å². The fourth-order valence-electron chi connectivity index (χ4n) is 6.47. The first kappa shape index (κ1) is 22.6. The van der Waals surface area contributed by atoms with Crippen LogP contribution in [0.4, 0.5) is 0 Å². The van der Waals surface area contributed by atoms with E-state index in [0.717, 1.165) is 12.5 Å². The van der Waals surface area contributed by atoms with Gasteiger partial charge in [0, 0.05) is 17.8 Å². The quantitative estimate of drug-likeness (QED) is 0.400. The molecule has 0 bridgehead atoms. The van der Waals surface area contributed by atoms with Crippen LogP contribution in [0.15, 0.2) is 36.0 Å². The van der Waals surface area contributed by atoms with E-state index in [9.17, 15) is 29.7 Å². The average molecular weight is 495 g/mol. The highest BCUT2D eigenvalue weighted by atomic mass is 79.9. The van der Waals surface area contributed by atoms with Crippen molar-refractivity contribution in [1.29, 1.82) is 0 Å². The molecule has 2 saturated carbocycles. The van der Waals surface area contributed by atoms with Crippen LogP contribution in [0, 0.1) is 22.7 Å². The molecule has 4 rings (SSSR count). The summed E-state index contributed by atoms with van der Waals surface area (Å²) in [5, 5.41) is 33.8. The summed E-state index contributed by atoms with van der Waals surface area (Å²) in [6.45, 7) is 4.17. The van der Waals surface area contributed by atoms with Crippen molar-refractivity contribution < 1.29 is 34.4 Å². The summed E-state index contributed by atoms with van der Waals surface area (Å²) in [6, 6.07) is 0. The molecule has 0 saturated heterocycles. The smallest absolute Gasteiger partial charge is 0.303 e. The van der Waals surface area contributed by atoms with Gasteiger partial charge in [0.2, 0.25) is 5.78 Å². The highest BCUT2D eigenvalue weighted by Crippen LogP contribution is 2.69. The Kier molecular flexibility index (Phi) is 5.06. The van der Waals surface area contributed by atoms with E-state index in [1.807, 2.05) is 19.1 Å². The minimum Gasteiger partial charge on any atom is -0.458 e. The number of alkyl halides is 1. The predicted octanol–water partition coefficient (Wildman–Crippen LogP) is 1.39. The Morgan fingerprint density at radius 1 is 1.23 bits per heavy atom. The second-order valence-electron chi connectivity index (χ2n) is 9.66. The van der Waals surface area contributed by atoms with Gasteiger partial charge >= 0.3 is 5.97 Å². The minimum atomic E-state index is -2.16. The molecular formula is C23H27BrO7. The summed E-state index contributed by atoms with van der Waals surface area (Å²) in [5.74, 6) is -2.24. The van der Waals surface area contributed by atoms with Crippen LogP contribution in [0.2, 0.25) is 0 Å². The van der Waals surface area contributed by atoms with Gasteiger partial charge in [0.25, 0.3) is 0 Å². The highest BCUT2D eigenvalue weighted by Gasteiger charge is 2.74. The van der Waals surface area contributed by atoms with E-state index < -0.39 is 51.3 Å². The van der Waals surface area contributed by atoms with Crippen molar-refractivity contribution in [3.63, 3.8) is 0 Å². The minimum absolute atomic E-state index is 0.0390. The van der Waals surface area contributed by atoms with Crippen LogP contribution in [0.1, 0.15) is 33.6 Å². The number of fused-ring (bicyclic) bond motifs is 5. The number of hydrogen-bond donors (Lipinski definition) is 3. The maximum atomic E-state index is 13.0. The highest BCUT2D eigenvalue weighted by molar-refractivity contribution is 9.10. The van der Waals surface area contributed by atoms with E-state index in [4.69, 9.17) is 4.74 Å². The fourth-order valence-corrected chi connectivity index (χ4v) is 7.47. The molecule has 0 aromatic rings. The number of allylic oxidation sites excluding steroid dienone is 6. The maximum Gasteiger partial charge on any atom is 0.303 e. The number of carbonyl (C=O) groups is 3. The number of esters is 1. The van der Waals surface area contributed by atoms with Crippen molar-refractivity contribution in [2.45, 2.75) is 55.7 Å². The molecule has 0 aliphatic heterocycles. The van der Waals surface area contributed by atoms with E-state index in [-0.39, 0.29) is 30.5 Å². The van der Waals surface area contributed by atoms with Crippen molar-refractivity contribution in [1.82, 2.24) is 0 Å². The molecular weight excluding hydrogens is 468 g/mol. The lowest BCUT2D eigenvalue weighted by Gasteiger charge is -2.62. The molecule has 0 aromatic heterocycles. The molecule has 4 aliphatic carbocycles. The Morgan fingerprint density at radius 3 is 2.55 bits per heavy atom. The molecule has 8 heteroatoms. The van der Waals surface area contributed by atoms with Gasteiger partial charge in [0.05, 0.1) is 16.5 Å². The number of rotatable bonds is 3. The van der Waals surface area contributed by atoms with Gasteiger partial charge in [-0.3, -0.25) is 14.4 Å². The number of aliphatic hydroxyl groups excluding tert-OH is 2. The predicted molar refractivity (Wildman–Crippen MR) is 114 cm³/mol. The third kappa shape index (κ3) is 2.71. The second-order valence-corrected chi connectivity index (χ2v) is 11.0. The summed E-state index contributed by atoms with van der Waals surface area (Å²) in [4.78, 5) is 36.1. The van der Waals surface area contributed by atoms with E-state index in [1.54, 1.807) is 19.1 Å². The fraction of sp³-hybridized carbons (Fsp3) is 0.609. The molecule has 8 atom stereocenters. The van der Waals surface area contributed by atoms with Crippen molar-refractivity contribution in [3.8, 4) is 0 Å². The number of ketones is 2. The first-order valence-corrected chi connectivity index (χ1v) is 11.2. The topological polar surface area (TPSA) is 121 Å². The van der Waals surface area contributed by atoms with Crippen LogP contribution in [0.25, 0.3) is 0 Å². The number of aliphatic hydroxyl groups is 3. The van der Waals surface area contributed by atoms with Crippen LogP contribution >= 0.6 is 15.9 Å². The largest absolute Gasteiger partial charge is 0.458 e. The number of Topliss-reactive ketones (excluding diaryl/α,β-unsaturated/α-hetero) is 1. The van der Waals surface area contributed by atoms with Gasteiger partial charge in [-0.15, -0.1) is 0 Å². The van der Waals surface area contributed by atoms with Crippen molar-refractivity contribution in [3.05, 3.63) is 36.0 Å². The maximum absolute atomic E-state index is 13.0.